The van der Waals surface area contributed by atoms with Gasteiger partial charge in [-0.3, -0.25) is 4.79 Å². The number of ether oxygens (including phenoxy) is 2. The molecule has 1 N–H and O–H groups in total. The van der Waals surface area contributed by atoms with Crippen LogP contribution in [-0.2, 0) is 0 Å². The lowest BCUT2D eigenvalue weighted by Crippen LogP contribution is -2.45. The van der Waals surface area contributed by atoms with Crippen LogP contribution in [0.4, 0.5) is 0 Å². The van der Waals surface area contributed by atoms with E-state index < -0.39 is 0 Å². The van der Waals surface area contributed by atoms with Gasteiger partial charge in [-0.2, -0.15) is 0 Å². The van der Waals surface area contributed by atoms with Gasteiger partial charge in [0.15, 0.2) is 0 Å². The van der Waals surface area contributed by atoms with Gasteiger partial charge in [0.2, 0.25) is 0 Å². The van der Waals surface area contributed by atoms with Crippen molar-refractivity contribution in [1.82, 2.24) is 4.90 Å². The summed E-state index contributed by atoms with van der Waals surface area (Å²) in [5.74, 6) is 1.00. The molecule has 1 fully saturated rings. The van der Waals surface area contributed by atoms with Crippen molar-refractivity contribution >= 4 is 21.8 Å². The minimum absolute atomic E-state index is 0.0347. The standard InChI is InChI=1S/C15H20BrNO4/c1-20-12-8-10(9-13(21-2)14(12)16)15(19)17(6-7-18)11-4-3-5-11/h8-9,11,18H,3-7H2,1-2H3. The number of carbonyl (C=O) groups excluding carboxylic acids is 1. The normalized spacial score (nSPS) is 14.5. The number of aliphatic hydroxyl groups excluding tert-OH is 1. The van der Waals surface area contributed by atoms with Crippen molar-refractivity contribution < 1.29 is 19.4 Å². The van der Waals surface area contributed by atoms with Gasteiger partial charge in [0.05, 0.1) is 20.8 Å². The van der Waals surface area contributed by atoms with E-state index in [1.165, 1.54) is 0 Å². The molecule has 0 radical (unpaired) electrons. The first-order valence-electron chi connectivity index (χ1n) is 6.95. The SMILES string of the molecule is COc1cc(C(=O)N(CCO)C2CCC2)cc(OC)c1Br. The van der Waals surface area contributed by atoms with Crippen molar-refractivity contribution in [3.63, 3.8) is 0 Å². The summed E-state index contributed by atoms with van der Waals surface area (Å²) in [6.45, 7) is 0.317. The largest absolute Gasteiger partial charge is 0.495 e. The Morgan fingerprint density at radius 3 is 2.29 bits per heavy atom. The van der Waals surface area contributed by atoms with E-state index >= 15 is 0 Å². The van der Waals surface area contributed by atoms with Gasteiger partial charge in [0.1, 0.15) is 16.0 Å². The summed E-state index contributed by atoms with van der Waals surface area (Å²) >= 11 is 3.39. The first-order valence-corrected chi connectivity index (χ1v) is 7.75. The number of methoxy groups -OCH3 is 2. The molecule has 0 bridgehead atoms. The Morgan fingerprint density at radius 1 is 1.33 bits per heavy atom. The van der Waals surface area contributed by atoms with E-state index in [-0.39, 0.29) is 18.6 Å². The van der Waals surface area contributed by atoms with Gasteiger partial charge < -0.3 is 19.5 Å². The zero-order valence-corrected chi connectivity index (χ0v) is 13.9. The van der Waals surface area contributed by atoms with Crippen molar-refractivity contribution in [1.29, 1.82) is 0 Å². The molecule has 2 rings (SSSR count). The maximum atomic E-state index is 12.7. The highest BCUT2D eigenvalue weighted by molar-refractivity contribution is 9.10. The predicted molar refractivity (Wildman–Crippen MR) is 83.0 cm³/mol. The fourth-order valence-electron chi connectivity index (χ4n) is 2.41. The molecule has 0 unspecified atom stereocenters. The lowest BCUT2D eigenvalue weighted by Gasteiger charge is -2.37. The summed E-state index contributed by atoms with van der Waals surface area (Å²) in [7, 11) is 3.09. The number of benzene rings is 1. The Bertz CT molecular complexity index is 491. The monoisotopic (exact) mass is 357 g/mol. The number of rotatable bonds is 6. The number of carbonyl (C=O) groups is 1. The fourth-order valence-corrected chi connectivity index (χ4v) is 2.97. The van der Waals surface area contributed by atoms with Gasteiger partial charge in [0.25, 0.3) is 5.91 Å². The highest BCUT2D eigenvalue weighted by Crippen LogP contribution is 2.36. The lowest BCUT2D eigenvalue weighted by atomic mass is 9.91. The van der Waals surface area contributed by atoms with Crippen LogP contribution in [0, 0.1) is 0 Å². The second kappa shape index (κ2) is 7.13. The number of nitrogens with zero attached hydrogens (tertiary/aromatic N) is 1. The van der Waals surface area contributed by atoms with Gasteiger partial charge in [-0.15, -0.1) is 0 Å². The van der Waals surface area contributed by atoms with Crippen LogP contribution in [0.15, 0.2) is 16.6 Å². The van der Waals surface area contributed by atoms with E-state index in [4.69, 9.17) is 9.47 Å². The molecule has 1 aliphatic rings. The molecular weight excluding hydrogens is 338 g/mol. The summed E-state index contributed by atoms with van der Waals surface area (Å²) in [5, 5.41) is 9.20. The first kappa shape index (κ1) is 16.1. The lowest BCUT2D eigenvalue weighted by molar-refractivity contribution is 0.0525. The minimum Gasteiger partial charge on any atom is -0.495 e. The Labute approximate surface area is 133 Å². The molecule has 0 heterocycles. The highest BCUT2D eigenvalue weighted by Gasteiger charge is 2.29. The average Bonchev–Trinajstić information content (AvgIpc) is 2.44. The summed E-state index contributed by atoms with van der Waals surface area (Å²) in [6.07, 6.45) is 3.12. The number of hydrogen-bond donors (Lipinski definition) is 1. The van der Waals surface area contributed by atoms with Crippen LogP contribution in [0.25, 0.3) is 0 Å². The third-order valence-electron chi connectivity index (χ3n) is 3.81. The highest BCUT2D eigenvalue weighted by atomic mass is 79.9. The van der Waals surface area contributed by atoms with Gasteiger partial charge in [-0.1, -0.05) is 0 Å². The maximum Gasteiger partial charge on any atom is 0.254 e. The van der Waals surface area contributed by atoms with Gasteiger partial charge >= 0.3 is 0 Å². The summed E-state index contributed by atoms with van der Waals surface area (Å²) in [6, 6.07) is 3.61. The van der Waals surface area contributed by atoms with Gasteiger partial charge in [0, 0.05) is 18.2 Å². The third-order valence-corrected chi connectivity index (χ3v) is 4.59. The molecule has 0 aromatic heterocycles. The second-order valence-electron chi connectivity index (χ2n) is 5.00. The minimum atomic E-state index is -0.0992. The molecule has 21 heavy (non-hydrogen) atoms. The zero-order chi connectivity index (χ0) is 15.4. The Morgan fingerprint density at radius 2 is 1.90 bits per heavy atom. The molecule has 5 nitrogen and oxygen atoms in total. The van der Waals surface area contributed by atoms with Crippen LogP contribution in [-0.4, -0.2) is 49.3 Å². The third kappa shape index (κ3) is 3.32. The fraction of sp³-hybridized carbons (Fsp3) is 0.533. The van der Waals surface area contributed by atoms with E-state index in [9.17, 15) is 9.90 Å². The Hall–Kier alpha value is -1.27. The number of aliphatic hydroxyl groups is 1. The summed E-state index contributed by atoms with van der Waals surface area (Å²) in [4.78, 5) is 14.4. The maximum absolute atomic E-state index is 12.7. The number of hydrogen-bond acceptors (Lipinski definition) is 4. The second-order valence-corrected chi connectivity index (χ2v) is 5.79. The van der Waals surface area contributed by atoms with Crippen LogP contribution in [0.3, 0.4) is 0 Å². The molecule has 1 saturated carbocycles. The van der Waals surface area contributed by atoms with Gasteiger partial charge in [-0.25, -0.2) is 0 Å². The van der Waals surface area contributed by atoms with Crippen LogP contribution >= 0.6 is 15.9 Å². The Kier molecular flexibility index (Phi) is 5.47. The molecule has 1 aromatic carbocycles. The van der Waals surface area contributed by atoms with E-state index in [2.05, 4.69) is 15.9 Å². The number of amides is 1. The van der Waals surface area contributed by atoms with Crippen molar-refractivity contribution in [2.24, 2.45) is 0 Å². The van der Waals surface area contributed by atoms with E-state index in [0.717, 1.165) is 19.3 Å². The Balaban J connectivity index is 2.32. The molecule has 0 spiro atoms. The molecule has 1 aromatic rings. The average molecular weight is 358 g/mol. The first-order chi connectivity index (χ1) is 10.1. The topological polar surface area (TPSA) is 59.0 Å². The van der Waals surface area contributed by atoms with Crippen molar-refractivity contribution in [2.45, 2.75) is 25.3 Å². The van der Waals surface area contributed by atoms with Crippen molar-refractivity contribution in [3.8, 4) is 11.5 Å². The van der Waals surface area contributed by atoms with Crippen LogP contribution in [0.1, 0.15) is 29.6 Å². The van der Waals surface area contributed by atoms with Gasteiger partial charge in [-0.05, 0) is 47.3 Å². The summed E-state index contributed by atoms with van der Waals surface area (Å²) in [5.41, 5.74) is 0.507. The molecule has 116 valence electrons. The number of halogens is 1. The van der Waals surface area contributed by atoms with Crippen LogP contribution in [0.2, 0.25) is 0 Å². The summed E-state index contributed by atoms with van der Waals surface area (Å²) < 4.78 is 11.2. The van der Waals surface area contributed by atoms with Crippen molar-refractivity contribution in [2.75, 3.05) is 27.4 Å². The van der Waals surface area contributed by atoms with E-state index in [1.54, 1.807) is 31.3 Å². The molecule has 1 amide bonds. The molecule has 0 atom stereocenters. The smallest absolute Gasteiger partial charge is 0.254 e. The van der Waals surface area contributed by atoms with Crippen LogP contribution in [0.5, 0.6) is 11.5 Å². The quantitative estimate of drug-likeness (QED) is 0.849. The van der Waals surface area contributed by atoms with Crippen molar-refractivity contribution in [3.05, 3.63) is 22.2 Å². The predicted octanol–water partition coefficient (Wildman–Crippen LogP) is 2.45. The van der Waals surface area contributed by atoms with E-state index in [1.807, 2.05) is 0 Å². The zero-order valence-electron chi connectivity index (χ0n) is 12.3. The molecule has 0 aliphatic heterocycles. The van der Waals surface area contributed by atoms with E-state index in [0.29, 0.717) is 28.1 Å². The molecule has 1 aliphatic carbocycles. The molecule has 6 heteroatoms. The van der Waals surface area contributed by atoms with Crippen LogP contribution < -0.4 is 9.47 Å². The molecule has 0 saturated heterocycles. The molecular formula is C15H20BrNO4.